The highest BCUT2D eigenvalue weighted by Gasteiger charge is 2.41. The lowest BCUT2D eigenvalue weighted by Gasteiger charge is -2.31. The van der Waals surface area contributed by atoms with Crippen LogP contribution in [0.15, 0.2) is 17.1 Å². The lowest BCUT2D eigenvalue weighted by Crippen LogP contribution is -2.47. The topological polar surface area (TPSA) is 114 Å². The molecule has 0 aromatic carbocycles. The third-order valence-electron chi connectivity index (χ3n) is 2.79. The number of aliphatic hydroxyl groups is 1. The third kappa shape index (κ3) is 3.10. The van der Waals surface area contributed by atoms with Crippen LogP contribution in [0.2, 0.25) is 0 Å². The molecule has 19 heavy (non-hydrogen) atoms. The van der Waals surface area contributed by atoms with Crippen LogP contribution < -0.4 is 11.4 Å². The van der Waals surface area contributed by atoms with Gasteiger partial charge in [-0.05, 0) is 6.07 Å². The molecule has 0 saturated heterocycles. The summed E-state index contributed by atoms with van der Waals surface area (Å²) in [4.78, 5) is 15.0. The summed E-state index contributed by atoms with van der Waals surface area (Å²) in [5.41, 5.74) is 0.440. The smallest absolute Gasteiger partial charge is 0.351 e. The number of alkyl halides is 1. The number of hydrogen-bond acceptors (Lipinski definition) is 6. The number of aliphatic hydroxyl groups excluding tert-OH is 1. The second-order valence-corrected chi connectivity index (χ2v) is 4.29. The fourth-order valence-corrected chi connectivity index (χ4v) is 1.69. The van der Waals surface area contributed by atoms with E-state index in [-0.39, 0.29) is 5.82 Å². The Morgan fingerprint density at radius 2 is 2.42 bits per heavy atom. The molecule has 0 aliphatic heterocycles. The Morgan fingerprint density at radius 1 is 1.79 bits per heavy atom. The molecular formula is C10H14BFN4O3. The van der Waals surface area contributed by atoms with Crippen molar-refractivity contribution in [3.8, 4) is 6.07 Å². The zero-order valence-electron chi connectivity index (χ0n) is 10.6. The molecule has 0 aliphatic carbocycles. The molecule has 0 aliphatic rings. The van der Waals surface area contributed by atoms with Crippen molar-refractivity contribution in [1.29, 1.82) is 5.26 Å². The van der Waals surface area contributed by atoms with Crippen LogP contribution in [-0.4, -0.2) is 41.8 Å². The molecule has 1 aromatic rings. The van der Waals surface area contributed by atoms with E-state index < -0.39 is 30.0 Å². The van der Waals surface area contributed by atoms with Gasteiger partial charge < -0.3 is 15.6 Å². The monoisotopic (exact) mass is 268 g/mol. The normalized spacial score (nSPS) is 17.2. The van der Waals surface area contributed by atoms with Crippen LogP contribution in [0.25, 0.3) is 0 Å². The number of nitrogen functional groups attached to an aromatic ring is 1. The first kappa shape index (κ1) is 15.1. The van der Waals surface area contributed by atoms with Crippen LogP contribution in [-0.2, 0) is 10.4 Å². The van der Waals surface area contributed by atoms with Gasteiger partial charge in [0, 0.05) is 19.7 Å². The molecule has 0 saturated carbocycles. The minimum absolute atomic E-state index is 0.0301. The molecule has 1 unspecified atom stereocenters. The summed E-state index contributed by atoms with van der Waals surface area (Å²) in [5.74, 6) is -0.0301. The maximum Gasteiger partial charge on any atom is 0.351 e. The van der Waals surface area contributed by atoms with Gasteiger partial charge in [0.1, 0.15) is 11.9 Å². The summed E-state index contributed by atoms with van der Waals surface area (Å²) in [7, 11) is 2.27. The highest BCUT2D eigenvalue weighted by Crippen LogP contribution is 2.27. The van der Waals surface area contributed by atoms with Crippen molar-refractivity contribution in [3.63, 3.8) is 0 Å². The highest BCUT2D eigenvalue weighted by molar-refractivity contribution is 6.12. The lowest BCUT2D eigenvalue weighted by atomic mass is 9.82. The van der Waals surface area contributed by atoms with Crippen LogP contribution >= 0.6 is 0 Å². The first-order chi connectivity index (χ1) is 8.80. The predicted molar refractivity (Wildman–Crippen MR) is 67.6 cm³/mol. The Labute approximate surface area is 109 Å². The van der Waals surface area contributed by atoms with Gasteiger partial charge in [-0.25, -0.2) is 9.18 Å². The standard InChI is InChI=1S/C10H14BFN4O3/c1-19-9(5-13,6-17)4-10(11,12)16-3-2-7(14)15-8(16)18/h2-3,17H,4,6,11H2,1H3,(H2,14,15,18)/t9?,10-/m1/s1. The Hall–Kier alpha value is -1.92. The number of aromatic nitrogens is 2. The van der Waals surface area contributed by atoms with Gasteiger partial charge in [-0.1, -0.05) is 0 Å². The Morgan fingerprint density at radius 3 is 2.84 bits per heavy atom. The second kappa shape index (κ2) is 5.38. The lowest BCUT2D eigenvalue weighted by molar-refractivity contribution is -0.0498. The Balaban J connectivity index is 3.18. The highest BCUT2D eigenvalue weighted by atomic mass is 19.1. The molecule has 0 bridgehead atoms. The Kier molecular flexibility index (Phi) is 4.29. The van der Waals surface area contributed by atoms with Crippen LogP contribution in [0.3, 0.4) is 0 Å². The van der Waals surface area contributed by atoms with Gasteiger partial charge in [0.15, 0.2) is 19.1 Å². The molecule has 0 radical (unpaired) electrons. The maximum atomic E-state index is 14.6. The number of halogens is 1. The summed E-state index contributed by atoms with van der Waals surface area (Å²) >= 11 is 0. The molecule has 0 amide bonds. The number of anilines is 1. The van der Waals surface area contributed by atoms with E-state index >= 15 is 0 Å². The first-order valence-electron chi connectivity index (χ1n) is 5.42. The molecule has 0 spiro atoms. The number of hydrogen-bond donors (Lipinski definition) is 2. The number of rotatable bonds is 5. The summed E-state index contributed by atoms with van der Waals surface area (Å²) in [5, 5.41) is 18.1. The molecule has 3 N–H and O–H groups in total. The van der Waals surface area contributed by atoms with E-state index in [1.54, 1.807) is 6.07 Å². The van der Waals surface area contributed by atoms with Gasteiger partial charge in [-0.15, -0.1) is 0 Å². The van der Waals surface area contributed by atoms with Gasteiger partial charge in [0.2, 0.25) is 0 Å². The van der Waals surface area contributed by atoms with Crippen molar-refractivity contribution in [2.45, 2.75) is 17.7 Å². The van der Waals surface area contributed by atoms with Gasteiger partial charge >= 0.3 is 5.69 Å². The minimum Gasteiger partial charge on any atom is -0.392 e. The molecule has 1 heterocycles. The summed E-state index contributed by atoms with van der Waals surface area (Å²) in [6, 6.07) is 2.96. The number of nitrogens with two attached hydrogens (primary N) is 1. The quantitative estimate of drug-likeness (QED) is 0.617. The van der Waals surface area contributed by atoms with E-state index in [0.29, 0.717) is 4.57 Å². The molecule has 2 atom stereocenters. The molecule has 7 nitrogen and oxygen atoms in total. The zero-order chi connectivity index (χ0) is 14.7. The van der Waals surface area contributed by atoms with Gasteiger partial charge in [-0.2, -0.15) is 10.2 Å². The van der Waals surface area contributed by atoms with Crippen LogP contribution in [0.5, 0.6) is 0 Å². The van der Waals surface area contributed by atoms with Crippen molar-refractivity contribution < 1.29 is 14.2 Å². The molecular weight excluding hydrogens is 254 g/mol. The van der Waals surface area contributed by atoms with Crippen LogP contribution in [0.1, 0.15) is 6.42 Å². The summed E-state index contributed by atoms with van der Waals surface area (Å²) in [6.45, 7) is -0.698. The van der Waals surface area contributed by atoms with E-state index in [2.05, 4.69) is 4.98 Å². The van der Waals surface area contributed by atoms with Crippen molar-refractivity contribution in [3.05, 3.63) is 22.7 Å². The molecule has 9 heteroatoms. The number of methoxy groups -OCH3 is 1. The number of nitriles is 1. The van der Waals surface area contributed by atoms with Crippen molar-refractivity contribution in [2.24, 2.45) is 0 Å². The summed E-state index contributed by atoms with van der Waals surface area (Å²) in [6.07, 6.45) is 0.606. The second-order valence-electron chi connectivity index (χ2n) is 4.29. The molecule has 102 valence electrons. The van der Waals surface area contributed by atoms with Crippen LogP contribution in [0.4, 0.5) is 10.2 Å². The third-order valence-corrected chi connectivity index (χ3v) is 2.79. The number of nitrogens with zero attached hydrogens (tertiary/aromatic N) is 3. The van der Waals surface area contributed by atoms with E-state index in [1.165, 1.54) is 13.2 Å². The Bertz CT molecular complexity index is 550. The SMILES string of the molecule is B[C@@](F)(CC(C#N)(CO)OC)n1ccc(N)nc1=O. The van der Waals surface area contributed by atoms with Crippen LogP contribution in [0, 0.1) is 11.3 Å². The average Bonchev–Trinajstić information content (AvgIpc) is 2.35. The van der Waals surface area contributed by atoms with Gasteiger partial charge in [0.05, 0.1) is 6.61 Å². The minimum atomic E-state index is -2.26. The van der Waals surface area contributed by atoms with E-state index in [4.69, 9.17) is 20.8 Å². The molecule has 1 rings (SSSR count). The zero-order valence-corrected chi connectivity index (χ0v) is 10.6. The van der Waals surface area contributed by atoms with Gasteiger partial charge in [-0.3, -0.25) is 4.57 Å². The molecule has 0 fully saturated rings. The van der Waals surface area contributed by atoms with E-state index in [9.17, 15) is 9.18 Å². The van der Waals surface area contributed by atoms with Gasteiger partial charge in [0.25, 0.3) is 0 Å². The fourth-order valence-electron chi connectivity index (χ4n) is 1.69. The summed E-state index contributed by atoms with van der Waals surface area (Å²) < 4.78 is 20.2. The molecule has 1 aromatic heterocycles. The maximum absolute atomic E-state index is 14.6. The van der Waals surface area contributed by atoms with E-state index in [1.807, 2.05) is 0 Å². The van der Waals surface area contributed by atoms with Crippen molar-refractivity contribution in [2.75, 3.05) is 19.5 Å². The number of ether oxygens (including phenoxy) is 1. The van der Waals surface area contributed by atoms with E-state index in [0.717, 1.165) is 14.0 Å². The van der Waals surface area contributed by atoms with Crippen molar-refractivity contribution >= 4 is 13.7 Å². The average molecular weight is 268 g/mol. The van der Waals surface area contributed by atoms with Crippen molar-refractivity contribution in [1.82, 2.24) is 9.55 Å². The largest absolute Gasteiger partial charge is 0.392 e. The predicted octanol–water partition coefficient (Wildman–Crippen LogP) is -1.67. The fraction of sp³-hybridized carbons (Fsp3) is 0.500. The first-order valence-corrected chi connectivity index (χ1v) is 5.42.